The van der Waals surface area contributed by atoms with Crippen LogP contribution in [0.5, 0.6) is 0 Å². The molecule has 2 heterocycles. The number of anilines is 1. The van der Waals surface area contributed by atoms with E-state index >= 15 is 0 Å². The van der Waals surface area contributed by atoms with Gasteiger partial charge in [0.25, 0.3) is 5.91 Å². The lowest BCUT2D eigenvalue weighted by atomic mass is 10.1. The van der Waals surface area contributed by atoms with Crippen molar-refractivity contribution in [2.75, 3.05) is 5.32 Å². The van der Waals surface area contributed by atoms with Crippen molar-refractivity contribution in [1.29, 1.82) is 0 Å². The number of rotatable bonds is 3. The van der Waals surface area contributed by atoms with Gasteiger partial charge in [-0.2, -0.15) is 0 Å². The van der Waals surface area contributed by atoms with Crippen molar-refractivity contribution in [2.45, 2.75) is 26.8 Å². The minimum absolute atomic E-state index is 0.0212. The van der Waals surface area contributed by atoms with Crippen LogP contribution in [0.15, 0.2) is 24.3 Å². The molecule has 0 atom stereocenters. The average molecular weight is 300 g/mol. The molecule has 108 valence electrons. The topological polar surface area (TPSA) is 58.2 Å². The van der Waals surface area contributed by atoms with Crippen molar-refractivity contribution in [3.8, 4) is 0 Å². The van der Waals surface area contributed by atoms with Crippen molar-refractivity contribution in [1.82, 2.24) is 5.32 Å². The SMILES string of the molecule is Cc1cc(CNC(=O)c2ccc3c(c2)NC(=O)C3)sc1C. The Morgan fingerprint density at radius 2 is 2.14 bits per heavy atom. The summed E-state index contributed by atoms with van der Waals surface area (Å²) in [6, 6.07) is 7.44. The first-order chi connectivity index (χ1) is 10.0. The quantitative estimate of drug-likeness (QED) is 0.915. The summed E-state index contributed by atoms with van der Waals surface area (Å²) in [6.45, 7) is 4.68. The fourth-order valence-electron chi connectivity index (χ4n) is 2.36. The highest BCUT2D eigenvalue weighted by molar-refractivity contribution is 7.12. The molecule has 1 aliphatic rings. The lowest BCUT2D eigenvalue weighted by Gasteiger charge is -2.05. The van der Waals surface area contributed by atoms with Crippen LogP contribution >= 0.6 is 11.3 Å². The summed E-state index contributed by atoms with van der Waals surface area (Å²) in [4.78, 5) is 25.9. The molecule has 2 N–H and O–H groups in total. The van der Waals surface area contributed by atoms with Crippen LogP contribution in [0.2, 0.25) is 0 Å². The molecule has 2 aromatic rings. The molecule has 1 aromatic heterocycles. The number of aryl methyl sites for hydroxylation is 2. The zero-order valence-electron chi connectivity index (χ0n) is 11.9. The second-order valence-corrected chi connectivity index (χ2v) is 6.57. The molecular weight excluding hydrogens is 284 g/mol. The minimum Gasteiger partial charge on any atom is -0.347 e. The Morgan fingerprint density at radius 3 is 2.86 bits per heavy atom. The molecule has 0 bridgehead atoms. The maximum absolute atomic E-state index is 12.2. The van der Waals surface area contributed by atoms with Gasteiger partial charge in [0.05, 0.1) is 13.0 Å². The second-order valence-electron chi connectivity index (χ2n) is 5.23. The van der Waals surface area contributed by atoms with Gasteiger partial charge in [0, 0.05) is 21.0 Å². The van der Waals surface area contributed by atoms with Crippen molar-refractivity contribution in [3.63, 3.8) is 0 Å². The van der Waals surface area contributed by atoms with Crippen LogP contribution in [0, 0.1) is 13.8 Å². The van der Waals surface area contributed by atoms with Crippen LogP contribution in [0.1, 0.15) is 31.2 Å². The zero-order chi connectivity index (χ0) is 15.0. The van der Waals surface area contributed by atoms with Crippen LogP contribution in [0.4, 0.5) is 5.69 Å². The molecule has 0 aliphatic carbocycles. The number of thiophene rings is 1. The first-order valence-corrected chi connectivity index (χ1v) is 7.61. The molecule has 0 radical (unpaired) electrons. The van der Waals surface area contributed by atoms with Crippen molar-refractivity contribution < 1.29 is 9.59 Å². The van der Waals surface area contributed by atoms with Gasteiger partial charge in [0.2, 0.25) is 5.91 Å². The number of hydrogen-bond donors (Lipinski definition) is 2. The first-order valence-electron chi connectivity index (χ1n) is 6.80. The smallest absolute Gasteiger partial charge is 0.251 e. The fourth-order valence-corrected chi connectivity index (χ4v) is 3.36. The van der Waals surface area contributed by atoms with Crippen molar-refractivity contribution >= 4 is 28.8 Å². The Morgan fingerprint density at radius 1 is 1.33 bits per heavy atom. The van der Waals surface area contributed by atoms with E-state index in [1.54, 1.807) is 23.5 Å². The molecule has 0 fully saturated rings. The fraction of sp³-hybridized carbons (Fsp3) is 0.250. The van der Waals surface area contributed by atoms with Crippen LogP contribution in [-0.4, -0.2) is 11.8 Å². The predicted molar refractivity (Wildman–Crippen MR) is 83.7 cm³/mol. The van der Waals surface area contributed by atoms with Gasteiger partial charge < -0.3 is 10.6 Å². The lowest BCUT2D eigenvalue weighted by molar-refractivity contribution is -0.115. The van der Waals surface area contributed by atoms with E-state index in [1.165, 1.54) is 10.4 Å². The summed E-state index contributed by atoms with van der Waals surface area (Å²) >= 11 is 1.70. The van der Waals surface area contributed by atoms with Crippen LogP contribution in [0.3, 0.4) is 0 Å². The van der Waals surface area contributed by atoms with Crippen molar-refractivity contribution in [2.24, 2.45) is 0 Å². The Hall–Kier alpha value is -2.14. The van der Waals surface area contributed by atoms with E-state index in [4.69, 9.17) is 0 Å². The molecule has 1 aliphatic heterocycles. The third kappa shape index (κ3) is 2.83. The van der Waals surface area contributed by atoms with Crippen LogP contribution in [-0.2, 0) is 17.8 Å². The van der Waals surface area contributed by atoms with Gasteiger partial charge in [0.1, 0.15) is 0 Å². The number of hydrogen-bond acceptors (Lipinski definition) is 3. The number of carbonyl (C=O) groups is 2. The monoisotopic (exact) mass is 300 g/mol. The molecule has 5 heteroatoms. The normalized spacial score (nSPS) is 13.0. The number of fused-ring (bicyclic) bond motifs is 1. The maximum Gasteiger partial charge on any atom is 0.251 e. The summed E-state index contributed by atoms with van der Waals surface area (Å²) in [6.07, 6.45) is 0.394. The van der Waals surface area contributed by atoms with E-state index in [0.717, 1.165) is 16.1 Å². The van der Waals surface area contributed by atoms with Gasteiger partial charge in [-0.3, -0.25) is 9.59 Å². The minimum atomic E-state index is -0.123. The number of nitrogens with one attached hydrogen (secondary N) is 2. The Labute approximate surface area is 127 Å². The van der Waals surface area contributed by atoms with Gasteiger partial charge in [-0.15, -0.1) is 11.3 Å². The Kier molecular flexibility index (Phi) is 3.51. The summed E-state index contributed by atoms with van der Waals surface area (Å²) in [5.74, 6) is -0.144. The highest BCUT2D eigenvalue weighted by Crippen LogP contribution is 2.24. The van der Waals surface area contributed by atoms with E-state index in [-0.39, 0.29) is 11.8 Å². The van der Waals surface area contributed by atoms with E-state index in [1.807, 2.05) is 6.07 Å². The lowest BCUT2D eigenvalue weighted by Crippen LogP contribution is -2.22. The average Bonchev–Trinajstić information content (AvgIpc) is 2.97. The first kappa shape index (κ1) is 13.8. The molecule has 0 spiro atoms. The number of carbonyl (C=O) groups excluding carboxylic acids is 2. The molecule has 1 aromatic carbocycles. The van der Waals surface area contributed by atoms with Gasteiger partial charge in [-0.05, 0) is 43.2 Å². The molecule has 21 heavy (non-hydrogen) atoms. The third-order valence-corrected chi connectivity index (χ3v) is 4.79. The molecule has 0 saturated heterocycles. The Balaban J connectivity index is 1.68. The highest BCUT2D eigenvalue weighted by atomic mass is 32.1. The molecular formula is C16H16N2O2S. The molecule has 3 rings (SSSR count). The van der Waals surface area contributed by atoms with E-state index < -0.39 is 0 Å². The highest BCUT2D eigenvalue weighted by Gasteiger charge is 2.19. The summed E-state index contributed by atoms with van der Waals surface area (Å²) in [5, 5.41) is 5.68. The molecule has 0 saturated carbocycles. The third-order valence-electron chi connectivity index (χ3n) is 3.64. The number of benzene rings is 1. The van der Waals surface area contributed by atoms with Gasteiger partial charge in [0.15, 0.2) is 0 Å². The Bertz CT molecular complexity index is 714. The number of amides is 2. The van der Waals surface area contributed by atoms with Crippen LogP contribution in [0.25, 0.3) is 0 Å². The van der Waals surface area contributed by atoms with Gasteiger partial charge >= 0.3 is 0 Å². The van der Waals surface area contributed by atoms with E-state index in [9.17, 15) is 9.59 Å². The molecule has 2 amide bonds. The largest absolute Gasteiger partial charge is 0.347 e. The van der Waals surface area contributed by atoms with Crippen molar-refractivity contribution in [3.05, 3.63) is 50.7 Å². The summed E-state index contributed by atoms with van der Waals surface area (Å²) in [5.41, 5.74) is 3.52. The zero-order valence-corrected chi connectivity index (χ0v) is 12.8. The van der Waals surface area contributed by atoms with E-state index in [2.05, 4.69) is 30.5 Å². The van der Waals surface area contributed by atoms with Gasteiger partial charge in [-0.1, -0.05) is 6.07 Å². The molecule has 4 nitrogen and oxygen atoms in total. The summed E-state index contributed by atoms with van der Waals surface area (Å²) in [7, 11) is 0. The van der Waals surface area contributed by atoms with Crippen LogP contribution < -0.4 is 10.6 Å². The van der Waals surface area contributed by atoms with E-state index in [0.29, 0.717) is 18.5 Å². The molecule has 0 unspecified atom stereocenters. The van der Waals surface area contributed by atoms with Gasteiger partial charge in [-0.25, -0.2) is 0 Å². The maximum atomic E-state index is 12.2. The second kappa shape index (κ2) is 5.33. The predicted octanol–water partition coefficient (Wildman–Crippen LogP) is 2.79. The summed E-state index contributed by atoms with van der Waals surface area (Å²) < 4.78 is 0. The standard InChI is InChI=1S/C16H16N2O2S/c1-9-5-13(21-10(9)2)8-17-16(20)12-4-3-11-7-15(19)18-14(11)6-12/h3-6H,7-8H2,1-2H3,(H,17,20)(H,18,19).